The standard InChI is InChI=1S/C12H15NO6/c1-3-18-11(16)7-10(12(17)19-4-2)13-9(8-15)5-6-14/h5-8,13H,3-4H2,1-2H3/b9-5+,10-7+. The zero-order valence-electron chi connectivity index (χ0n) is 10.7. The summed E-state index contributed by atoms with van der Waals surface area (Å²) in [6.07, 6.45) is 2.45. The summed E-state index contributed by atoms with van der Waals surface area (Å²) in [4.78, 5) is 43.7. The predicted molar refractivity (Wildman–Crippen MR) is 64.7 cm³/mol. The van der Waals surface area contributed by atoms with Crippen LogP contribution < -0.4 is 5.32 Å². The van der Waals surface area contributed by atoms with Crippen LogP contribution in [0.25, 0.3) is 0 Å². The molecule has 0 aromatic heterocycles. The number of hydrogen-bond donors (Lipinski definition) is 1. The van der Waals surface area contributed by atoms with Crippen LogP contribution in [0.4, 0.5) is 0 Å². The second-order valence-electron chi connectivity index (χ2n) is 3.03. The molecule has 104 valence electrons. The van der Waals surface area contributed by atoms with E-state index in [2.05, 4.69) is 10.1 Å². The Bertz CT molecular complexity index is 410. The molecule has 0 rings (SSSR count). The van der Waals surface area contributed by atoms with E-state index in [0.29, 0.717) is 12.6 Å². The van der Waals surface area contributed by atoms with Crippen LogP contribution in [0.15, 0.2) is 23.5 Å². The smallest absolute Gasteiger partial charge is 0.355 e. The monoisotopic (exact) mass is 269 g/mol. The lowest BCUT2D eigenvalue weighted by atomic mass is 10.3. The first-order valence-corrected chi connectivity index (χ1v) is 5.52. The zero-order valence-corrected chi connectivity index (χ0v) is 10.7. The van der Waals surface area contributed by atoms with E-state index in [-0.39, 0.29) is 24.6 Å². The highest BCUT2D eigenvalue weighted by Gasteiger charge is 2.14. The first kappa shape index (κ1) is 16.6. The van der Waals surface area contributed by atoms with Crippen LogP contribution >= 0.6 is 0 Å². The van der Waals surface area contributed by atoms with Crippen LogP contribution in [0.3, 0.4) is 0 Å². The molecule has 1 N–H and O–H groups in total. The van der Waals surface area contributed by atoms with E-state index in [0.717, 1.165) is 12.2 Å². The topological polar surface area (TPSA) is 98.8 Å². The van der Waals surface area contributed by atoms with Crippen molar-refractivity contribution in [1.29, 1.82) is 0 Å². The number of carbonyl (C=O) groups excluding carboxylic acids is 4. The van der Waals surface area contributed by atoms with Gasteiger partial charge in [0, 0.05) is 6.08 Å². The molecular formula is C12H15NO6. The first-order chi connectivity index (χ1) is 9.08. The second-order valence-corrected chi connectivity index (χ2v) is 3.03. The molecule has 0 bridgehead atoms. The number of allylic oxidation sites excluding steroid dienone is 2. The van der Waals surface area contributed by atoms with Gasteiger partial charge in [-0.25, -0.2) is 9.59 Å². The van der Waals surface area contributed by atoms with Gasteiger partial charge in [-0.05, 0) is 13.8 Å². The van der Waals surface area contributed by atoms with E-state index in [4.69, 9.17) is 4.74 Å². The van der Waals surface area contributed by atoms with Gasteiger partial charge >= 0.3 is 11.9 Å². The molecule has 7 heteroatoms. The molecule has 0 fully saturated rings. The number of nitrogens with one attached hydrogen (secondary N) is 1. The van der Waals surface area contributed by atoms with Crippen molar-refractivity contribution in [3.63, 3.8) is 0 Å². The summed E-state index contributed by atoms with van der Waals surface area (Å²) in [5.41, 5.74) is -0.473. The van der Waals surface area contributed by atoms with Gasteiger partial charge in [-0.15, -0.1) is 0 Å². The molecule has 0 aromatic rings. The van der Waals surface area contributed by atoms with E-state index in [9.17, 15) is 19.2 Å². The molecule has 0 spiro atoms. The van der Waals surface area contributed by atoms with Crippen molar-refractivity contribution in [2.45, 2.75) is 13.8 Å². The predicted octanol–water partition coefficient (Wildman–Crippen LogP) is -0.132. The Morgan fingerprint density at radius 1 is 1.11 bits per heavy atom. The van der Waals surface area contributed by atoms with Crippen molar-refractivity contribution < 1.29 is 28.7 Å². The highest BCUT2D eigenvalue weighted by molar-refractivity contribution is 5.97. The third kappa shape index (κ3) is 6.77. The summed E-state index contributed by atoms with van der Waals surface area (Å²) in [6.45, 7) is 3.42. The molecule has 0 aromatic carbocycles. The van der Waals surface area contributed by atoms with Gasteiger partial charge in [-0.3, -0.25) is 9.59 Å². The minimum atomic E-state index is -0.839. The van der Waals surface area contributed by atoms with Crippen molar-refractivity contribution in [1.82, 2.24) is 5.32 Å². The Labute approximate surface area is 110 Å². The van der Waals surface area contributed by atoms with Crippen LogP contribution in [-0.2, 0) is 28.7 Å². The normalized spacial score (nSPS) is 11.5. The number of ether oxygens (including phenoxy) is 2. The fourth-order valence-electron chi connectivity index (χ4n) is 0.996. The highest BCUT2D eigenvalue weighted by atomic mass is 16.5. The average molecular weight is 269 g/mol. The van der Waals surface area contributed by atoms with Gasteiger partial charge in [-0.1, -0.05) is 0 Å². The van der Waals surface area contributed by atoms with Crippen LogP contribution in [0.2, 0.25) is 0 Å². The van der Waals surface area contributed by atoms with E-state index < -0.39 is 11.9 Å². The second kappa shape index (κ2) is 9.58. The number of aldehydes is 2. The molecular weight excluding hydrogens is 254 g/mol. The maximum Gasteiger partial charge on any atom is 0.355 e. The number of carbonyl (C=O) groups is 4. The van der Waals surface area contributed by atoms with Crippen molar-refractivity contribution in [2.75, 3.05) is 13.2 Å². The Hall–Kier alpha value is -2.44. The quantitative estimate of drug-likeness (QED) is 0.372. The Kier molecular flexibility index (Phi) is 8.35. The lowest BCUT2D eigenvalue weighted by Crippen LogP contribution is -2.24. The minimum Gasteiger partial charge on any atom is -0.463 e. The van der Waals surface area contributed by atoms with E-state index >= 15 is 0 Å². The molecule has 0 aliphatic carbocycles. The van der Waals surface area contributed by atoms with E-state index in [1.165, 1.54) is 0 Å². The summed E-state index contributed by atoms with van der Waals surface area (Å²) in [5.74, 6) is -1.61. The molecule has 0 heterocycles. The van der Waals surface area contributed by atoms with Crippen LogP contribution in [0, 0.1) is 0 Å². The van der Waals surface area contributed by atoms with E-state index in [1.54, 1.807) is 13.8 Å². The maximum atomic E-state index is 11.5. The summed E-state index contributed by atoms with van der Waals surface area (Å²) >= 11 is 0. The van der Waals surface area contributed by atoms with Crippen LogP contribution in [-0.4, -0.2) is 37.7 Å². The molecule has 0 saturated carbocycles. The SMILES string of the molecule is CCOC(=O)/C=C(/N/C(C=O)=C/C=O)C(=O)OCC. The molecule has 19 heavy (non-hydrogen) atoms. The van der Waals surface area contributed by atoms with Gasteiger partial charge in [0.2, 0.25) is 0 Å². The van der Waals surface area contributed by atoms with Gasteiger partial charge in [0.1, 0.15) is 12.0 Å². The molecule has 0 amide bonds. The molecule has 0 radical (unpaired) electrons. The van der Waals surface area contributed by atoms with Gasteiger partial charge in [0.25, 0.3) is 0 Å². The largest absolute Gasteiger partial charge is 0.463 e. The molecule has 7 nitrogen and oxygen atoms in total. The summed E-state index contributed by atoms with van der Waals surface area (Å²) in [6, 6.07) is 0. The first-order valence-electron chi connectivity index (χ1n) is 5.52. The fourth-order valence-corrected chi connectivity index (χ4v) is 0.996. The Morgan fingerprint density at radius 3 is 2.21 bits per heavy atom. The van der Waals surface area contributed by atoms with Gasteiger partial charge < -0.3 is 14.8 Å². The number of rotatable bonds is 8. The van der Waals surface area contributed by atoms with E-state index in [1.807, 2.05) is 0 Å². The molecule has 0 saturated heterocycles. The Balaban J connectivity index is 5.11. The molecule has 0 aliphatic rings. The summed E-state index contributed by atoms with van der Waals surface area (Å²) in [5, 5.41) is 2.33. The number of hydrogen-bond acceptors (Lipinski definition) is 7. The molecule has 0 aliphatic heterocycles. The summed E-state index contributed by atoms with van der Waals surface area (Å²) in [7, 11) is 0. The minimum absolute atomic E-state index is 0.0918. The maximum absolute atomic E-state index is 11.5. The Morgan fingerprint density at radius 2 is 1.74 bits per heavy atom. The van der Waals surface area contributed by atoms with Crippen molar-refractivity contribution in [2.24, 2.45) is 0 Å². The van der Waals surface area contributed by atoms with Gasteiger partial charge in [0.05, 0.1) is 25.0 Å². The average Bonchev–Trinajstić information content (AvgIpc) is 2.37. The van der Waals surface area contributed by atoms with Crippen LogP contribution in [0.5, 0.6) is 0 Å². The lowest BCUT2D eigenvalue weighted by Gasteiger charge is -2.09. The highest BCUT2D eigenvalue weighted by Crippen LogP contribution is 1.99. The number of esters is 2. The molecule has 0 unspecified atom stereocenters. The third-order valence-corrected chi connectivity index (χ3v) is 1.70. The molecule has 0 atom stereocenters. The zero-order chi connectivity index (χ0) is 14.7. The fraction of sp³-hybridized carbons (Fsp3) is 0.333. The van der Waals surface area contributed by atoms with Crippen molar-refractivity contribution in [3.05, 3.63) is 23.5 Å². The van der Waals surface area contributed by atoms with Gasteiger partial charge in [0.15, 0.2) is 6.29 Å². The van der Waals surface area contributed by atoms with Gasteiger partial charge in [-0.2, -0.15) is 0 Å². The van der Waals surface area contributed by atoms with Crippen molar-refractivity contribution in [3.8, 4) is 0 Å². The summed E-state index contributed by atoms with van der Waals surface area (Å²) < 4.78 is 9.33. The van der Waals surface area contributed by atoms with Crippen molar-refractivity contribution >= 4 is 24.5 Å². The third-order valence-electron chi connectivity index (χ3n) is 1.70. The van der Waals surface area contributed by atoms with Crippen LogP contribution in [0.1, 0.15) is 13.8 Å². The lowest BCUT2D eigenvalue weighted by molar-refractivity contribution is -0.141.